The monoisotopic (exact) mass is 289 g/mol. The van der Waals surface area contributed by atoms with E-state index >= 15 is 0 Å². The van der Waals surface area contributed by atoms with Crippen LogP contribution in [0.3, 0.4) is 0 Å². The van der Waals surface area contributed by atoms with Gasteiger partial charge in [-0.3, -0.25) is 14.9 Å². The molecule has 1 aliphatic heterocycles. The number of rotatable bonds is 3. The van der Waals surface area contributed by atoms with E-state index < -0.39 is 6.04 Å². The summed E-state index contributed by atoms with van der Waals surface area (Å²) < 4.78 is 14.2. The van der Waals surface area contributed by atoms with Crippen molar-refractivity contribution in [1.29, 1.82) is 0 Å². The summed E-state index contributed by atoms with van der Waals surface area (Å²) in [5.41, 5.74) is 0.467. The molecule has 1 aromatic carbocycles. The molecular weight excluding hydrogens is 277 g/mol. The van der Waals surface area contributed by atoms with Crippen LogP contribution in [0.4, 0.5) is 16.0 Å². The van der Waals surface area contributed by atoms with Gasteiger partial charge in [0.2, 0.25) is 11.9 Å². The second-order valence-electron chi connectivity index (χ2n) is 4.69. The lowest BCUT2D eigenvalue weighted by Crippen LogP contribution is -2.23. The number of carbonyl (C=O) groups excluding carboxylic acids is 2. The minimum Gasteiger partial charge on any atom is -0.326 e. The number of hydrogen-bond acceptors (Lipinski definition) is 4. The molecule has 108 valence electrons. The number of aromatic nitrogens is 3. The number of carbonyl (C=O) groups is 2. The van der Waals surface area contributed by atoms with E-state index in [1.54, 1.807) is 6.92 Å². The summed E-state index contributed by atoms with van der Waals surface area (Å²) in [5.74, 6) is -0.195. The van der Waals surface area contributed by atoms with Gasteiger partial charge < -0.3 is 5.32 Å². The van der Waals surface area contributed by atoms with E-state index in [4.69, 9.17) is 0 Å². The van der Waals surface area contributed by atoms with Gasteiger partial charge in [-0.1, -0.05) is 0 Å². The van der Waals surface area contributed by atoms with Gasteiger partial charge in [-0.2, -0.15) is 10.1 Å². The fourth-order valence-electron chi connectivity index (χ4n) is 2.14. The van der Waals surface area contributed by atoms with Crippen LogP contribution in [-0.4, -0.2) is 26.6 Å². The number of benzene rings is 1. The van der Waals surface area contributed by atoms with E-state index in [-0.39, 0.29) is 24.1 Å². The molecule has 0 fully saturated rings. The van der Waals surface area contributed by atoms with Gasteiger partial charge >= 0.3 is 0 Å². The van der Waals surface area contributed by atoms with Gasteiger partial charge in [0.05, 0.1) is 6.42 Å². The molecule has 1 atom stereocenters. The van der Waals surface area contributed by atoms with Crippen LogP contribution in [0.5, 0.6) is 0 Å². The molecule has 1 aromatic heterocycles. The molecule has 1 aliphatic rings. The van der Waals surface area contributed by atoms with Crippen molar-refractivity contribution < 1.29 is 14.0 Å². The van der Waals surface area contributed by atoms with E-state index in [9.17, 15) is 14.0 Å². The van der Waals surface area contributed by atoms with Gasteiger partial charge in [0.25, 0.3) is 5.91 Å². The highest BCUT2D eigenvalue weighted by molar-refractivity contribution is 6.00. The number of aryl methyl sites for hydroxylation is 1. The first-order chi connectivity index (χ1) is 10.0. The van der Waals surface area contributed by atoms with E-state index in [0.717, 1.165) is 0 Å². The molecule has 0 saturated carbocycles. The highest BCUT2D eigenvalue weighted by Gasteiger charge is 2.34. The topological polar surface area (TPSA) is 88.9 Å². The third-order valence-corrected chi connectivity index (χ3v) is 3.08. The van der Waals surface area contributed by atoms with Crippen LogP contribution in [0.25, 0.3) is 0 Å². The lowest BCUT2D eigenvalue weighted by Gasteiger charge is -2.09. The number of nitrogens with zero attached hydrogens (tertiary/aromatic N) is 3. The molecule has 7 nitrogen and oxygen atoms in total. The van der Waals surface area contributed by atoms with Crippen molar-refractivity contribution in [1.82, 2.24) is 14.8 Å². The van der Waals surface area contributed by atoms with Crippen LogP contribution in [0.15, 0.2) is 24.3 Å². The summed E-state index contributed by atoms with van der Waals surface area (Å²) in [7, 11) is 0. The average Bonchev–Trinajstić information content (AvgIpc) is 2.90. The van der Waals surface area contributed by atoms with E-state index in [1.807, 2.05) is 0 Å². The second kappa shape index (κ2) is 4.97. The Hall–Kier alpha value is -2.77. The third kappa shape index (κ3) is 2.60. The zero-order valence-electron chi connectivity index (χ0n) is 11.1. The van der Waals surface area contributed by atoms with Gasteiger partial charge in [-0.05, 0) is 31.2 Å². The van der Waals surface area contributed by atoms with E-state index in [2.05, 4.69) is 20.7 Å². The van der Waals surface area contributed by atoms with Crippen molar-refractivity contribution in [3.05, 3.63) is 35.9 Å². The molecule has 0 bridgehead atoms. The molecule has 2 amide bonds. The van der Waals surface area contributed by atoms with Crippen LogP contribution in [0, 0.1) is 12.7 Å². The Morgan fingerprint density at radius 1 is 1.43 bits per heavy atom. The highest BCUT2D eigenvalue weighted by Crippen LogP contribution is 2.25. The maximum atomic E-state index is 12.8. The average molecular weight is 289 g/mol. The highest BCUT2D eigenvalue weighted by atomic mass is 19.1. The van der Waals surface area contributed by atoms with Crippen LogP contribution >= 0.6 is 0 Å². The summed E-state index contributed by atoms with van der Waals surface area (Å²) in [5, 5.41) is 9.26. The fourth-order valence-corrected chi connectivity index (χ4v) is 2.14. The molecule has 3 rings (SSSR count). The molecule has 0 unspecified atom stereocenters. The minimum absolute atomic E-state index is 0.0704. The van der Waals surface area contributed by atoms with Gasteiger partial charge in [0, 0.05) is 5.69 Å². The summed E-state index contributed by atoms with van der Waals surface area (Å²) in [4.78, 5) is 27.8. The Morgan fingerprint density at radius 2 is 2.14 bits per heavy atom. The second-order valence-corrected chi connectivity index (χ2v) is 4.69. The van der Waals surface area contributed by atoms with E-state index in [0.29, 0.717) is 17.5 Å². The Kier molecular flexibility index (Phi) is 3.13. The predicted molar refractivity (Wildman–Crippen MR) is 72.1 cm³/mol. The van der Waals surface area contributed by atoms with Gasteiger partial charge in [-0.25, -0.2) is 9.07 Å². The van der Waals surface area contributed by atoms with Gasteiger partial charge in [0.1, 0.15) is 17.7 Å². The number of anilines is 2. The van der Waals surface area contributed by atoms with Crippen molar-refractivity contribution in [2.45, 2.75) is 19.4 Å². The molecule has 2 heterocycles. The Balaban J connectivity index is 1.70. The zero-order chi connectivity index (χ0) is 15.0. The van der Waals surface area contributed by atoms with Crippen molar-refractivity contribution in [3.8, 4) is 0 Å². The molecule has 21 heavy (non-hydrogen) atoms. The van der Waals surface area contributed by atoms with Gasteiger partial charge in [-0.15, -0.1) is 0 Å². The van der Waals surface area contributed by atoms with Crippen LogP contribution in [0.1, 0.15) is 18.3 Å². The summed E-state index contributed by atoms with van der Waals surface area (Å²) in [6.07, 6.45) is -0.0704. The van der Waals surface area contributed by atoms with Crippen LogP contribution in [-0.2, 0) is 9.59 Å². The number of amides is 2. The predicted octanol–water partition coefficient (Wildman–Crippen LogP) is 1.25. The summed E-state index contributed by atoms with van der Waals surface area (Å²) in [6.45, 7) is 1.70. The van der Waals surface area contributed by atoms with Crippen molar-refractivity contribution in [2.24, 2.45) is 0 Å². The van der Waals surface area contributed by atoms with Crippen molar-refractivity contribution in [2.75, 3.05) is 10.6 Å². The van der Waals surface area contributed by atoms with Crippen molar-refractivity contribution in [3.63, 3.8) is 0 Å². The molecular formula is C13H12FN5O2. The molecule has 2 N–H and O–H groups in total. The normalized spacial score (nSPS) is 16.5. The number of hydrogen-bond donors (Lipinski definition) is 2. The lowest BCUT2D eigenvalue weighted by molar-refractivity contribution is -0.123. The Labute approximate surface area is 119 Å². The largest absolute Gasteiger partial charge is 0.326 e. The van der Waals surface area contributed by atoms with E-state index in [1.165, 1.54) is 28.9 Å². The Morgan fingerprint density at radius 3 is 2.86 bits per heavy atom. The molecule has 8 heteroatoms. The zero-order valence-corrected chi connectivity index (χ0v) is 11.1. The lowest BCUT2D eigenvalue weighted by atomic mass is 10.2. The van der Waals surface area contributed by atoms with Crippen molar-refractivity contribution >= 4 is 23.5 Å². The van der Waals surface area contributed by atoms with Crippen LogP contribution in [0.2, 0.25) is 0 Å². The maximum Gasteiger partial charge on any atom is 0.252 e. The quantitative estimate of drug-likeness (QED) is 0.890. The van der Waals surface area contributed by atoms with Gasteiger partial charge in [0.15, 0.2) is 0 Å². The van der Waals surface area contributed by atoms with Crippen LogP contribution < -0.4 is 10.6 Å². The molecule has 0 radical (unpaired) electrons. The molecule has 2 aromatic rings. The first kappa shape index (κ1) is 13.2. The minimum atomic E-state index is -0.721. The first-order valence-electron chi connectivity index (χ1n) is 6.32. The number of nitrogens with one attached hydrogen (secondary N) is 2. The number of halogens is 1. The third-order valence-electron chi connectivity index (χ3n) is 3.08. The SMILES string of the molecule is Cc1nc2n(n1)[C@H](CC(=O)Nc1ccc(F)cc1)C(=O)N2. The summed E-state index contributed by atoms with van der Waals surface area (Å²) >= 11 is 0. The smallest absolute Gasteiger partial charge is 0.252 e. The summed E-state index contributed by atoms with van der Waals surface area (Å²) in [6, 6.07) is 4.68. The molecule has 0 saturated heterocycles. The maximum absolute atomic E-state index is 12.8. The molecule has 0 aliphatic carbocycles. The first-order valence-corrected chi connectivity index (χ1v) is 6.32. The standard InChI is InChI=1S/C13H12FN5O2/c1-7-15-13-17-12(21)10(19(13)18-7)6-11(20)16-9-4-2-8(14)3-5-9/h2-5,10H,6H2,1H3,(H,16,20)(H,15,17,18,21)/t10-/m1/s1. The molecule has 0 spiro atoms. The fraction of sp³-hybridized carbons (Fsp3) is 0.231. The number of fused-ring (bicyclic) bond motifs is 1. The Bertz CT molecular complexity index is 710.